The number of aromatic nitrogens is 2. The number of hydrogen-bond acceptors (Lipinski definition) is 6. The number of nitrogens with one attached hydrogen (secondary N) is 1. The van der Waals surface area contributed by atoms with Crippen LogP contribution in [0.2, 0.25) is 0 Å². The number of amides is 1. The Balaban J connectivity index is 1.98. The Labute approximate surface area is 147 Å². The fourth-order valence-corrected chi connectivity index (χ4v) is 3.77. The average Bonchev–Trinajstić information content (AvgIpc) is 3.01. The highest BCUT2D eigenvalue weighted by Gasteiger charge is 2.21. The smallest absolute Gasteiger partial charge is 0.251 e. The van der Waals surface area contributed by atoms with Gasteiger partial charge in [0, 0.05) is 38.5 Å². The highest BCUT2D eigenvalue weighted by molar-refractivity contribution is 7.89. The SMILES string of the molecule is CCN(CC)S(=O)(=O)c1ccc(C(=O)NCCc2nnc(C)o2)cc1. The lowest BCUT2D eigenvalue weighted by molar-refractivity contribution is 0.0953. The van der Waals surface area contributed by atoms with Gasteiger partial charge >= 0.3 is 0 Å². The zero-order valence-electron chi connectivity index (χ0n) is 14.5. The summed E-state index contributed by atoms with van der Waals surface area (Å²) >= 11 is 0. The number of rotatable bonds is 8. The molecule has 1 aromatic heterocycles. The summed E-state index contributed by atoms with van der Waals surface area (Å²) in [5, 5.41) is 10.3. The van der Waals surface area contributed by atoms with Crippen LogP contribution in [0.25, 0.3) is 0 Å². The monoisotopic (exact) mass is 366 g/mol. The van der Waals surface area contributed by atoms with Gasteiger partial charge in [-0.25, -0.2) is 8.42 Å². The van der Waals surface area contributed by atoms with Crippen LogP contribution in [-0.4, -0.2) is 48.5 Å². The second-order valence-electron chi connectivity index (χ2n) is 5.33. The van der Waals surface area contributed by atoms with Crippen molar-refractivity contribution in [3.63, 3.8) is 0 Å². The lowest BCUT2D eigenvalue weighted by Gasteiger charge is -2.18. The Morgan fingerprint density at radius 2 is 1.80 bits per heavy atom. The number of carbonyl (C=O) groups is 1. The van der Waals surface area contributed by atoms with E-state index >= 15 is 0 Å². The molecular formula is C16H22N4O4S. The topological polar surface area (TPSA) is 105 Å². The Morgan fingerprint density at radius 1 is 1.16 bits per heavy atom. The first-order chi connectivity index (χ1) is 11.9. The van der Waals surface area contributed by atoms with E-state index in [0.29, 0.717) is 43.4 Å². The summed E-state index contributed by atoms with van der Waals surface area (Å²) in [6.45, 7) is 6.41. The van der Waals surface area contributed by atoms with E-state index in [0.717, 1.165) is 0 Å². The standard InChI is InChI=1S/C16H22N4O4S/c1-4-20(5-2)25(22,23)14-8-6-13(7-9-14)16(21)17-11-10-15-19-18-12(3)24-15/h6-9H,4-5,10-11H2,1-3H3,(H,17,21). The first-order valence-electron chi connectivity index (χ1n) is 8.05. The largest absolute Gasteiger partial charge is 0.426 e. The van der Waals surface area contributed by atoms with Crippen LogP contribution in [0.15, 0.2) is 33.6 Å². The maximum atomic E-state index is 12.4. The summed E-state index contributed by atoms with van der Waals surface area (Å²) in [5.74, 6) is 0.646. The first-order valence-corrected chi connectivity index (χ1v) is 9.49. The van der Waals surface area contributed by atoms with E-state index in [1.165, 1.54) is 28.6 Å². The van der Waals surface area contributed by atoms with Crippen LogP contribution in [0.5, 0.6) is 0 Å². The molecule has 0 unspecified atom stereocenters. The van der Waals surface area contributed by atoms with Gasteiger partial charge in [0.1, 0.15) is 0 Å². The van der Waals surface area contributed by atoms with Crippen molar-refractivity contribution in [2.24, 2.45) is 0 Å². The molecule has 0 aliphatic rings. The third-order valence-electron chi connectivity index (χ3n) is 3.65. The minimum absolute atomic E-state index is 0.175. The van der Waals surface area contributed by atoms with E-state index in [1.807, 2.05) is 0 Å². The maximum absolute atomic E-state index is 12.4. The summed E-state index contributed by atoms with van der Waals surface area (Å²) in [6, 6.07) is 5.90. The summed E-state index contributed by atoms with van der Waals surface area (Å²) in [5.41, 5.74) is 0.389. The van der Waals surface area contributed by atoms with Crippen molar-refractivity contribution in [1.29, 1.82) is 0 Å². The first kappa shape index (κ1) is 19.1. The van der Waals surface area contributed by atoms with Crippen molar-refractivity contribution >= 4 is 15.9 Å². The fraction of sp³-hybridized carbons (Fsp3) is 0.438. The van der Waals surface area contributed by atoms with Gasteiger partial charge < -0.3 is 9.73 Å². The number of benzene rings is 1. The normalized spacial score (nSPS) is 11.7. The van der Waals surface area contributed by atoms with E-state index < -0.39 is 10.0 Å². The van der Waals surface area contributed by atoms with Crippen molar-refractivity contribution in [2.75, 3.05) is 19.6 Å². The Morgan fingerprint density at radius 3 is 2.32 bits per heavy atom. The maximum Gasteiger partial charge on any atom is 0.251 e. The highest BCUT2D eigenvalue weighted by Crippen LogP contribution is 2.16. The molecule has 0 aliphatic heterocycles. The zero-order valence-corrected chi connectivity index (χ0v) is 15.3. The molecule has 1 heterocycles. The van der Waals surface area contributed by atoms with E-state index in [2.05, 4.69) is 15.5 Å². The molecule has 1 N–H and O–H groups in total. The van der Waals surface area contributed by atoms with E-state index in [9.17, 15) is 13.2 Å². The van der Waals surface area contributed by atoms with Gasteiger partial charge in [-0.1, -0.05) is 13.8 Å². The van der Waals surface area contributed by atoms with E-state index in [-0.39, 0.29) is 10.8 Å². The van der Waals surface area contributed by atoms with Gasteiger partial charge in [0.05, 0.1) is 4.90 Å². The Bertz CT molecular complexity index is 811. The van der Waals surface area contributed by atoms with Crippen LogP contribution in [0.1, 0.15) is 36.0 Å². The molecule has 2 aromatic rings. The number of nitrogens with zero attached hydrogens (tertiary/aromatic N) is 3. The molecule has 2 rings (SSSR count). The molecule has 1 amide bonds. The molecule has 0 bridgehead atoms. The lowest BCUT2D eigenvalue weighted by Crippen LogP contribution is -2.30. The van der Waals surface area contributed by atoms with Gasteiger partial charge in [0.25, 0.3) is 5.91 Å². The predicted octanol–water partition coefficient (Wildman–Crippen LogP) is 1.38. The third-order valence-corrected chi connectivity index (χ3v) is 5.72. The second kappa shape index (κ2) is 8.21. The molecule has 0 saturated heterocycles. The van der Waals surface area contributed by atoms with Crippen LogP contribution in [0, 0.1) is 6.92 Å². The van der Waals surface area contributed by atoms with Gasteiger partial charge in [0.15, 0.2) is 0 Å². The molecule has 0 spiro atoms. The Hall–Kier alpha value is -2.26. The summed E-state index contributed by atoms with van der Waals surface area (Å²) in [6.07, 6.45) is 0.432. The van der Waals surface area contributed by atoms with Gasteiger partial charge in [-0.2, -0.15) is 4.31 Å². The third kappa shape index (κ3) is 4.64. The van der Waals surface area contributed by atoms with Gasteiger partial charge in [-0.05, 0) is 24.3 Å². The number of sulfonamides is 1. The van der Waals surface area contributed by atoms with Gasteiger partial charge in [-0.3, -0.25) is 4.79 Å². The lowest BCUT2D eigenvalue weighted by atomic mass is 10.2. The van der Waals surface area contributed by atoms with Crippen molar-refractivity contribution in [1.82, 2.24) is 19.8 Å². The fourth-order valence-electron chi connectivity index (χ4n) is 2.31. The van der Waals surface area contributed by atoms with E-state index in [1.54, 1.807) is 20.8 Å². The van der Waals surface area contributed by atoms with Crippen molar-refractivity contribution in [3.05, 3.63) is 41.6 Å². The second-order valence-corrected chi connectivity index (χ2v) is 7.27. The molecule has 0 saturated carbocycles. The average molecular weight is 366 g/mol. The summed E-state index contributed by atoms with van der Waals surface area (Å²) in [4.78, 5) is 12.3. The van der Waals surface area contributed by atoms with Crippen LogP contribution in [0.4, 0.5) is 0 Å². The molecule has 25 heavy (non-hydrogen) atoms. The predicted molar refractivity (Wildman–Crippen MR) is 91.6 cm³/mol. The molecule has 0 aliphatic carbocycles. The number of aryl methyl sites for hydroxylation is 1. The van der Waals surface area contributed by atoms with Gasteiger partial charge in [-0.15, -0.1) is 10.2 Å². The quantitative estimate of drug-likeness (QED) is 0.757. The van der Waals surface area contributed by atoms with Crippen molar-refractivity contribution in [3.8, 4) is 0 Å². The van der Waals surface area contributed by atoms with Crippen LogP contribution < -0.4 is 5.32 Å². The van der Waals surface area contributed by atoms with Crippen LogP contribution in [-0.2, 0) is 16.4 Å². The minimum Gasteiger partial charge on any atom is -0.426 e. The molecule has 1 aromatic carbocycles. The molecule has 8 nitrogen and oxygen atoms in total. The molecule has 0 atom stereocenters. The minimum atomic E-state index is -3.52. The van der Waals surface area contributed by atoms with Gasteiger partial charge in [0.2, 0.25) is 21.8 Å². The van der Waals surface area contributed by atoms with Crippen molar-refractivity contribution < 1.29 is 17.6 Å². The molecular weight excluding hydrogens is 344 g/mol. The number of carbonyl (C=O) groups excluding carboxylic acids is 1. The molecule has 0 fully saturated rings. The Kier molecular flexibility index (Phi) is 6.27. The highest BCUT2D eigenvalue weighted by atomic mass is 32.2. The zero-order chi connectivity index (χ0) is 18.4. The van der Waals surface area contributed by atoms with Crippen LogP contribution in [0.3, 0.4) is 0 Å². The molecule has 136 valence electrons. The molecule has 9 heteroatoms. The molecule has 0 radical (unpaired) electrons. The van der Waals surface area contributed by atoms with Crippen LogP contribution >= 0.6 is 0 Å². The van der Waals surface area contributed by atoms with Crippen molar-refractivity contribution in [2.45, 2.75) is 32.1 Å². The number of hydrogen-bond donors (Lipinski definition) is 1. The summed E-state index contributed by atoms with van der Waals surface area (Å²) < 4.78 is 31.4. The summed E-state index contributed by atoms with van der Waals surface area (Å²) in [7, 11) is -3.52. The van der Waals surface area contributed by atoms with E-state index in [4.69, 9.17) is 4.42 Å².